The van der Waals surface area contributed by atoms with Crippen LogP contribution >= 0.6 is 7.82 Å². The Kier molecular flexibility index (Phi) is 5.09. The van der Waals surface area contributed by atoms with Gasteiger partial charge < -0.3 is 19.7 Å². The van der Waals surface area contributed by atoms with Crippen LogP contribution in [-0.2, 0) is 20.2 Å². The Bertz CT molecular complexity index is 1270. The summed E-state index contributed by atoms with van der Waals surface area (Å²) in [6.45, 7) is 3.05. The Hall–Kier alpha value is -2.47. The van der Waals surface area contributed by atoms with Crippen molar-refractivity contribution in [1.29, 1.82) is 0 Å². The molecule has 0 spiro atoms. The van der Waals surface area contributed by atoms with Crippen LogP contribution in [0.2, 0.25) is 0 Å². The summed E-state index contributed by atoms with van der Waals surface area (Å²) in [7, 11) is -4.27. The molecule has 0 aliphatic carbocycles. The monoisotopic (exact) mass is 438 g/mol. The summed E-state index contributed by atoms with van der Waals surface area (Å²) in [4.78, 5) is 43.6. The third-order valence-electron chi connectivity index (χ3n) is 5.04. The predicted molar refractivity (Wildman–Crippen MR) is 103 cm³/mol. The normalized spacial score (nSPS) is 23.8. The molecule has 12 nitrogen and oxygen atoms in total. The number of phosphoric ester groups is 1. The zero-order chi connectivity index (χ0) is 21.8. The molecule has 3 aliphatic rings. The number of hydrogen-bond donors (Lipinski definition) is 4. The molecule has 13 heteroatoms. The fraction of sp³-hybridized carbons (Fsp3) is 0.412. The molecule has 3 aliphatic heterocycles. The van der Waals surface area contributed by atoms with E-state index in [-0.39, 0.29) is 24.7 Å². The number of aromatic nitrogens is 4. The lowest BCUT2D eigenvalue weighted by atomic mass is 10.1. The second kappa shape index (κ2) is 7.34. The van der Waals surface area contributed by atoms with E-state index in [1.54, 1.807) is 12.1 Å². The SMILES string of the molecule is Cc1cc2nc3c(=O)[nH]c(=O)nc-3n(C[C@H](O)[C@H](O)[C@@H]3COP(=O)(O)O3)c2cc1C. The second-order valence-electron chi connectivity index (χ2n) is 7.16. The van der Waals surface area contributed by atoms with Gasteiger partial charge in [0.05, 0.1) is 24.2 Å². The molecule has 30 heavy (non-hydrogen) atoms. The van der Waals surface area contributed by atoms with E-state index in [0.29, 0.717) is 11.0 Å². The van der Waals surface area contributed by atoms with E-state index < -0.39 is 37.4 Å². The van der Waals surface area contributed by atoms with Gasteiger partial charge in [0.2, 0.25) is 0 Å². The van der Waals surface area contributed by atoms with E-state index >= 15 is 0 Å². The van der Waals surface area contributed by atoms with Crippen molar-refractivity contribution in [3.8, 4) is 11.5 Å². The molecule has 160 valence electrons. The molecule has 3 heterocycles. The largest absolute Gasteiger partial charge is 0.472 e. The summed E-state index contributed by atoms with van der Waals surface area (Å²) < 4.78 is 22.2. The van der Waals surface area contributed by atoms with Gasteiger partial charge in [0.25, 0.3) is 5.56 Å². The van der Waals surface area contributed by atoms with Gasteiger partial charge in [-0.15, -0.1) is 0 Å². The number of nitrogens with zero attached hydrogens (tertiary/aromatic N) is 3. The van der Waals surface area contributed by atoms with Gasteiger partial charge in [0, 0.05) is 0 Å². The van der Waals surface area contributed by atoms with Crippen LogP contribution in [0.3, 0.4) is 0 Å². The summed E-state index contributed by atoms with van der Waals surface area (Å²) in [6, 6.07) is 3.52. The van der Waals surface area contributed by atoms with Crippen molar-refractivity contribution in [2.24, 2.45) is 0 Å². The maximum Gasteiger partial charge on any atom is 0.472 e. The highest BCUT2D eigenvalue weighted by Gasteiger charge is 2.41. The fourth-order valence-corrected chi connectivity index (χ4v) is 4.26. The minimum atomic E-state index is -4.27. The maximum absolute atomic E-state index is 12.3. The Balaban J connectivity index is 1.83. The van der Waals surface area contributed by atoms with Gasteiger partial charge >= 0.3 is 13.5 Å². The zero-order valence-corrected chi connectivity index (χ0v) is 16.9. The van der Waals surface area contributed by atoms with Gasteiger partial charge in [-0.3, -0.25) is 18.8 Å². The maximum atomic E-state index is 12.3. The molecule has 0 bridgehead atoms. The first-order valence-electron chi connectivity index (χ1n) is 8.99. The number of benzene rings is 1. The number of aliphatic hydroxyl groups excluding tert-OH is 2. The highest BCUT2D eigenvalue weighted by atomic mass is 31.2. The number of aromatic amines is 1. The number of hydrogen-bond acceptors (Lipinski definition) is 9. The van der Waals surface area contributed by atoms with E-state index in [9.17, 15) is 29.3 Å². The minimum Gasteiger partial charge on any atom is -0.388 e. The molecule has 4 N–H and O–H groups in total. The summed E-state index contributed by atoms with van der Waals surface area (Å²) in [5.74, 6) is -0.0674. The van der Waals surface area contributed by atoms with Crippen LogP contribution in [0.4, 0.5) is 0 Å². The molecule has 0 radical (unpaired) electrons. The van der Waals surface area contributed by atoms with Crippen LogP contribution in [0, 0.1) is 13.8 Å². The Morgan fingerprint density at radius 2 is 1.97 bits per heavy atom. The topological polar surface area (TPSA) is 177 Å². The number of fused-ring (bicyclic) bond motifs is 2. The molecule has 1 aromatic rings. The van der Waals surface area contributed by atoms with Gasteiger partial charge in [0.1, 0.15) is 18.3 Å². The second-order valence-corrected chi connectivity index (χ2v) is 8.56. The van der Waals surface area contributed by atoms with Gasteiger partial charge in [-0.25, -0.2) is 14.3 Å². The lowest BCUT2D eigenvalue weighted by Gasteiger charge is -2.25. The third-order valence-corrected chi connectivity index (χ3v) is 6.05. The van der Waals surface area contributed by atoms with E-state index in [2.05, 4.69) is 19.5 Å². The average Bonchev–Trinajstić information content (AvgIpc) is 3.03. The Morgan fingerprint density at radius 3 is 2.63 bits per heavy atom. The van der Waals surface area contributed by atoms with Crippen LogP contribution in [-0.4, -0.2) is 59.5 Å². The van der Waals surface area contributed by atoms with Gasteiger partial charge in [-0.05, 0) is 37.1 Å². The van der Waals surface area contributed by atoms with Crippen LogP contribution in [0.15, 0.2) is 21.7 Å². The number of nitrogens with one attached hydrogen (secondary N) is 1. The highest BCUT2D eigenvalue weighted by Crippen LogP contribution is 2.50. The summed E-state index contributed by atoms with van der Waals surface area (Å²) in [6.07, 6.45) is -4.32. The molecule has 0 aromatic heterocycles. The van der Waals surface area contributed by atoms with Gasteiger partial charge in [-0.2, -0.15) is 4.98 Å². The van der Waals surface area contributed by atoms with E-state index in [4.69, 9.17) is 4.52 Å². The van der Waals surface area contributed by atoms with Gasteiger partial charge in [0.15, 0.2) is 11.5 Å². The number of aliphatic hydroxyl groups is 2. The molecule has 1 fully saturated rings. The van der Waals surface area contributed by atoms with Crippen molar-refractivity contribution in [1.82, 2.24) is 19.5 Å². The number of H-pyrrole nitrogens is 1. The van der Waals surface area contributed by atoms with Gasteiger partial charge in [-0.1, -0.05) is 0 Å². The van der Waals surface area contributed by atoms with Crippen molar-refractivity contribution >= 4 is 18.9 Å². The molecular weight excluding hydrogens is 419 g/mol. The number of phosphoric acid groups is 1. The average molecular weight is 438 g/mol. The summed E-state index contributed by atoms with van der Waals surface area (Å²) >= 11 is 0. The first-order chi connectivity index (χ1) is 14.1. The lowest BCUT2D eigenvalue weighted by Crippen LogP contribution is -2.41. The van der Waals surface area contributed by atoms with Crippen molar-refractivity contribution in [2.45, 2.75) is 38.7 Å². The summed E-state index contributed by atoms with van der Waals surface area (Å²) in [5, 5.41) is 21.0. The quantitative estimate of drug-likeness (QED) is 0.305. The van der Waals surface area contributed by atoms with Crippen LogP contribution < -0.4 is 11.2 Å². The van der Waals surface area contributed by atoms with Crippen LogP contribution in [0.25, 0.3) is 22.6 Å². The smallest absolute Gasteiger partial charge is 0.388 e. The minimum absolute atomic E-state index is 0.0674. The lowest BCUT2D eigenvalue weighted by molar-refractivity contribution is -0.0491. The van der Waals surface area contributed by atoms with Crippen molar-refractivity contribution in [3.63, 3.8) is 0 Å². The van der Waals surface area contributed by atoms with E-state index in [1.165, 1.54) is 4.57 Å². The van der Waals surface area contributed by atoms with Crippen LogP contribution in [0.1, 0.15) is 11.1 Å². The first kappa shape index (κ1) is 20.8. The third kappa shape index (κ3) is 3.69. The highest BCUT2D eigenvalue weighted by molar-refractivity contribution is 7.47. The van der Waals surface area contributed by atoms with Crippen molar-refractivity contribution in [2.75, 3.05) is 6.61 Å². The molecule has 1 saturated heterocycles. The van der Waals surface area contributed by atoms with Crippen molar-refractivity contribution in [3.05, 3.63) is 44.1 Å². The van der Waals surface area contributed by atoms with E-state index in [0.717, 1.165) is 11.1 Å². The van der Waals surface area contributed by atoms with Crippen LogP contribution in [0.5, 0.6) is 0 Å². The number of rotatable bonds is 4. The first-order valence-corrected chi connectivity index (χ1v) is 10.5. The Morgan fingerprint density at radius 1 is 1.27 bits per heavy atom. The standard InChI is InChI=1S/C17H19N4O8P/c1-7-3-9-10(4-8(7)2)21(15-13(18-9)16(24)20-17(25)19-15)5-11(22)14(23)12-6-28-30(26,27)29-12/h3-4,11-12,14,22-23H,5-6H2,1-2H3,(H,26,27)(H,20,24,25)/t11-,12-,14-/m0/s1. The molecule has 4 atom stereocenters. The van der Waals surface area contributed by atoms with Crippen molar-refractivity contribution < 1.29 is 28.7 Å². The predicted octanol–water partition coefficient (Wildman–Crippen LogP) is -0.561. The number of aryl methyl sites for hydroxylation is 2. The zero-order valence-electron chi connectivity index (χ0n) is 16.0. The summed E-state index contributed by atoms with van der Waals surface area (Å²) in [5.41, 5.74) is 1.00. The van der Waals surface area contributed by atoms with E-state index in [1.807, 2.05) is 13.8 Å². The molecule has 0 amide bonds. The molecule has 1 unspecified atom stereocenters. The molecule has 4 rings (SSSR count). The molecular formula is C17H19N4O8P. The fourth-order valence-electron chi connectivity index (χ4n) is 3.34. The molecule has 0 saturated carbocycles. The Labute approximate surface area is 168 Å². The molecule has 1 aromatic carbocycles.